The van der Waals surface area contributed by atoms with Gasteiger partial charge in [0.25, 0.3) is 5.91 Å². The number of aryl methyl sites for hydroxylation is 2. The Kier molecular flexibility index (Phi) is 10.5. The van der Waals surface area contributed by atoms with Crippen molar-refractivity contribution in [2.45, 2.75) is 77.5 Å². The van der Waals surface area contributed by atoms with E-state index < -0.39 is 0 Å². The first-order valence-corrected chi connectivity index (χ1v) is 16.0. The number of likely N-dealkylation sites (tertiary alicyclic amines) is 1. The first kappa shape index (κ1) is 32.7. The van der Waals surface area contributed by atoms with Gasteiger partial charge in [0.2, 0.25) is 0 Å². The molecule has 2 aromatic heterocycles. The van der Waals surface area contributed by atoms with Gasteiger partial charge in [-0.1, -0.05) is 12.5 Å². The number of piperidine rings is 3. The van der Waals surface area contributed by atoms with Crippen molar-refractivity contribution in [2.75, 3.05) is 32.7 Å². The van der Waals surface area contributed by atoms with Crippen molar-refractivity contribution in [3.63, 3.8) is 0 Å². The molecule has 238 valence electrons. The zero-order valence-electron chi connectivity index (χ0n) is 25.9. The normalized spacial score (nSPS) is 21.4. The molecule has 0 spiro atoms. The van der Waals surface area contributed by atoms with Gasteiger partial charge in [0.15, 0.2) is 0 Å². The smallest absolute Gasteiger partial charge is 0.267 e. The number of nitrogens with one attached hydrogen (secondary N) is 2. The fraction of sp³-hybridized carbons (Fsp3) is 0.514. The molecule has 7 rings (SSSR count). The third-order valence-corrected chi connectivity index (χ3v) is 10.2. The summed E-state index contributed by atoms with van der Waals surface area (Å²) in [5.41, 5.74) is 5.84. The minimum atomic E-state index is -0.0348. The molecule has 3 aliphatic rings. The number of aromatic nitrogens is 1. The van der Waals surface area contributed by atoms with Gasteiger partial charge in [-0.15, -0.1) is 24.8 Å². The quantitative estimate of drug-likeness (QED) is 0.220. The Hall–Kier alpha value is -2.71. The van der Waals surface area contributed by atoms with E-state index in [2.05, 4.69) is 46.1 Å². The minimum Gasteiger partial charge on any atom is -0.488 e. The first-order chi connectivity index (χ1) is 20.5. The van der Waals surface area contributed by atoms with Crippen LogP contribution in [-0.4, -0.2) is 65.5 Å². The average Bonchev–Trinajstić information content (AvgIpc) is 3.62. The van der Waals surface area contributed by atoms with Crippen molar-refractivity contribution in [3.8, 4) is 5.75 Å². The number of furan rings is 1. The number of hydrogen-bond donors (Lipinski definition) is 2. The first-order valence-electron chi connectivity index (χ1n) is 16.0. The molecule has 44 heavy (non-hydrogen) atoms. The van der Waals surface area contributed by atoms with Crippen LogP contribution < -0.4 is 10.1 Å². The molecule has 3 aliphatic heterocycles. The van der Waals surface area contributed by atoms with Crippen molar-refractivity contribution >= 4 is 52.6 Å². The highest BCUT2D eigenvalue weighted by Crippen LogP contribution is 2.33. The molecule has 7 nitrogen and oxygen atoms in total. The summed E-state index contributed by atoms with van der Waals surface area (Å²) >= 11 is 0. The summed E-state index contributed by atoms with van der Waals surface area (Å²) in [7, 11) is 0. The van der Waals surface area contributed by atoms with Gasteiger partial charge in [-0.2, -0.15) is 0 Å². The van der Waals surface area contributed by atoms with Crippen molar-refractivity contribution in [1.29, 1.82) is 0 Å². The summed E-state index contributed by atoms with van der Waals surface area (Å²) in [6, 6.07) is 13.1. The number of benzene rings is 2. The number of ether oxygens (including phenoxy) is 1. The Bertz CT molecular complexity index is 1570. The Labute approximate surface area is 272 Å². The van der Waals surface area contributed by atoms with Crippen LogP contribution in [0.15, 0.2) is 47.1 Å². The molecular weight excluding hydrogens is 595 g/mol. The molecule has 4 aromatic rings. The van der Waals surface area contributed by atoms with Gasteiger partial charge >= 0.3 is 0 Å². The third-order valence-electron chi connectivity index (χ3n) is 10.2. The predicted molar refractivity (Wildman–Crippen MR) is 182 cm³/mol. The number of hydrogen-bond acceptors (Lipinski definition) is 5. The predicted octanol–water partition coefficient (Wildman–Crippen LogP) is 7.41. The molecule has 1 amide bonds. The monoisotopic (exact) mass is 640 g/mol. The zero-order valence-corrected chi connectivity index (χ0v) is 27.5. The standard InChI is InChI=1S/C35H44N4O3.2ClH/c1-23-17-28-26(22-42-34(28)18-24(23)2)21-41-33-10-5-8-30-29(33)19-31(37-30)35(40)36-27-11-15-38(16-12-27)20-25-7-6-14-39-13-4-3-9-32(25)39;;/h5,8,10,17-19,22,25,27,32,37H,3-4,6-7,9,11-16,20-21H2,1-2H3,(H,36,40);2*1H/t25-,32+;;/m0../s1. The molecule has 2 atom stereocenters. The molecule has 2 N–H and O–H groups in total. The van der Waals surface area contributed by atoms with Crippen LogP contribution in [0.25, 0.3) is 21.9 Å². The molecule has 2 aromatic carbocycles. The van der Waals surface area contributed by atoms with E-state index in [0.29, 0.717) is 12.3 Å². The van der Waals surface area contributed by atoms with Gasteiger partial charge in [0.05, 0.1) is 6.26 Å². The average molecular weight is 642 g/mol. The second-order valence-corrected chi connectivity index (χ2v) is 12.9. The zero-order chi connectivity index (χ0) is 28.6. The number of carbonyl (C=O) groups excluding carboxylic acids is 1. The number of fused-ring (bicyclic) bond motifs is 3. The lowest BCUT2D eigenvalue weighted by molar-refractivity contribution is 0.0351. The lowest BCUT2D eigenvalue weighted by Crippen LogP contribution is -2.52. The van der Waals surface area contributed by atoms with E-state index in [9.17, 15) is 4.79 Å². The summed E-state index contributed by atoms with van der Waals surface area (Å²) in [6.07, 6.45) is 10.7. The van der Waals surface area contributed by atoms with E-state index in [-0.39, 0.29) is 36.8 Å². The van der Waals surface area contributed by atoms with Gasteiger partial charge in [0.1, 0.15) is 23.6 Å². The lowest BCUT2D eigenvalue weighted by atomic mass is 9.83. The van der Waals surface area contributed by atoms with Crippen molar-refractivity contribution < 1.29 is 13.9 Å². The van der Waals surface area contributed by atoms with Gasteiger partial charge in [-0.3, -0.25) is 4.79 Å². The van der Waals surface area contributed by atoms with E-state index in [4.69, 9.17) is 9.15 Å². The fourth-order valence-electron chi connectivity index (χ4n) is 7.62. The molecule has 3 saturated heterocycles. The van der Waals surface area contributed by atoms with Crippen LogP contribution in [0.4, 0.5) is 0 Å². The number of carbonyl (C=O) groups is 1. The van der Waals surface area contributed by atoms with Crippen molar-refractivity contribution in [1.82, 2.24) is 20.1 Å². The fourth-order valence-corrected chi connectivity index (χ4v) is 7.62. The number of halogens is 2. The topological polar surface area (TPSA) is 73.7 Å². The Balaban J connectivity index is 0.00000192. The molecule has 0 radical (unpaired) electrons. The lowest BCUT2D eigenvalue weighted by Gasteiger charge is -2.46. The largest absolute Gasteiger partial charge is 0.488 e. The van der Waals surface area contributed by atoms with E-state index >= 15 is 0 Å². The van der Waals surface area contributed by atoms with Gasteiger partial charge in [0, 0.05) is 53.6 Å². The van der Waals surface area contributed by atoms with Crippen LogP contribution in [0.5, 0.6) is 5.75 Å². The Morgan fingerprint density at radius 2 is 1.75 bits per heavy atom. The van der Waals surface area contributed by atoms with Crippen molar-refractivity contribution in [3.05, 3.63) is 65.0 Å². The maximum Gasteiger partial charge on any atom is 0.267 e. The summed E-state index contributed by atoms with van der Waals surface area (Å²) in [5, 5.41) is 5.31. The third kappa shape index (κ3) is 6.76. The Morgan fingerprint density at radius 1 is 0.955 bits per heavy atom. The highest BCUT2D eigenvalue weighted by Gasteiger charge is 2.34. The summed E-state index contributed by atoms with van der Waals surface area (Å²) in [5.74, 6) is 1.54. The number of aromatic amines is 1. The van der Waals surface area contributed by atoms with Crippen LogP contribution >= 0.6 is 24.8 Å². The van der Waals surface area contributed by atoms with Crippen molar-refractivity contribution in [2.24, 2.45) is 5.92 Å². The van der Waals surface area contributed by atoms with Gasteiger partial charge in [-0.25, -0.2) is 0 Å². The molecule has 0 aliphatic carbocycles. The van der Waals surface area contributed by atoms with E-state index in [1.165, 1.54) is 62.9 Å². The molecule has 5 heterocycles. The summed E-state index contributed by atoms with van der Waals surface area (Å²) in [4.78, 5) is 22.0. The number of nitrogens with zero attached hydrogens (tertiary/aromatic N) is 2. The molecular formula is C35H46Cl2N4O3. The van der Waals surface area contributed by atoms with Gasteiger partial charge in [-0.05, 0) is 113 Å². The molecule has 0 unspecified atom stereocenters. The maximum absolute atomic E-state index is 13.3. The minimum absolute atomic E-state index is 0. The number of rotatable bonds is 7. The van der Waals surface area contributed by atoms with Crippen LogP contribution in [0.3, 0.4) is 0 Å². The van der Waals surface area contributed by atoms with E-state index in [0.717, 1.165) is 71.1 Å². The van der Waals surface area contributed by atoms with Crippen LogP contribution in [-0.2, 0) is 6.61 Å². The highest BCUT2D eigenvalue weighted by molar-refractivity contribution is 5.99. The van der Waals surface area contributed by atoms with E-state index in [1.807, 2.05) is 24.3 Å². The molecule has 9 heteroatoms. The number of amides is 1. The number of H-pyrrole nitrogens is 1. The molecule has 3 fully saturated rings. The van der Waals surface area contributed by atoms with Crippen LogP contribution in [0.1, 0.15) is 72.1 Å². The second-order valence-electron chi connectivity index (χ2n) is 12.9. The van der Waals surface area contributed by atoms with Crippen LogP contribution in [0, 0.1) is 19.8 Å². The highest BCUT2D eigenvalue weighted by atomic mass is 35.5. The van der Waals surface area contributed by atoms with E-state index in [1.54, 1.807) is 6.26 Å². The Morgan fingerprint density at radius 3 is 2.59 bits per heavy atom. The summed E-state index contributed by atoms with van der Waals surface area (Å²) < 4.78 is 12.1. The maximum atomic E-state index is 13.3. The molecule has 0 saturated carbocycles. The second kappa shape index (κ2) is 14.2. The van der Waals surface area contributed by atoms with Gasteiger partial charge < -0.3 is 29.3 Å². The summed E-state index contributed by atoms with van der Waals surface area (Å²) in [6.45, 7) is 10.6. The SMILES string of the molecule is Cc1cc2occ(COc3cccc4[nH]c(C(=O)NC5CCN(C[C@@H]6CCCN7CCCC[C@H]67)CC5)cc34)c2cc1C.Cl.Cl. The molecule has 0 bridgehead atoms. The van der Waals surface area contributed by atoms with Crippen LogP contribution in [0.2, 0.25) is 0 Å².